The second-order valence-corrected chi connectivity index (χ2v) is 6.80. The number of nitrogens with one attached hydrogen (secondary N) is 1. The molecule has 0 radical (unpaired) electrons. The van der Waals surface area contributed by atoms with E-state index in [1.165, 1.54) is 21.6 Å². The Kier molecular flexibility index (Phi) is 3.97. The van der Waals surface area contributed by atoms with Gasteiger partial charge in [0.15, 0.2) is 0 Å². The molecule has 0 fully saturated rings. The van der Waals surface area contributed by atoms with Crippen LogP contribution in [-0.2, 0) is 6.54 Å². The normalized spacial score (nSPS) is 10.9. The number of aromatic nitrogens is 2. The first-order chi connectivity index (χ1) is 11.8. The van der Waals surface area contributed by atoms with E-state index in [9.17, 15) is 0 Å². The lowest BCUT2D eigenvalue weighted by molar-refractivity contribution is 1.10. The summed E-state index contributed by atoms with van der Waals surface area (Å²) in [6.45, 7) is 2.85. The molecule has 0 saturated carbocycles. The van der Waals surface area contributed by atoms with Crippen molar-refractivity contribution in [2.75, 3.05) is 5.32 Å². The summed E-state index contributed by atoms with van der Waals surface area (Å²) < 4.78 is 1.10. The number of hydrogen-bond acceptors (Lipinski definition) is 4. The molecule has 0 bridgehead atoms. The minimum atomic E-state index is 0.755. The minimum Gasteiger partial charge on any atom is -0.365 e. The van der Waals surface area contributed by atoms with Gasteiger partial charge in [-0.3, -0.25) is 0 Å². The lowest BCUT2D eigenvalue weighted by Gasteiger charge is -2.06. The number of hydrogen-bond donors (Lipinski definition) is 1. The van der Waals surface area contributed by atoms with Crippen LogP contribution in [0.15, 0.2) is 67.0 Å². The van der Waals surface area contributed by atoms with Gasteiger partial charge in [-0.15, -0.1) is 11.3 Å². The van der Waals surface area contributed by atoms with Crippen molar-refractivity contribution in [2.24, 2.45) is 0 Å². The molecule has 2 aromatic heterocycles. The Hall–Kier alpha value is -2.72. The van der Waals surface area contributed by atoms with E-state index >= 15 is 0 Å². The predicted molar refractivity (Wildman–Crippen MR) is 101 cm³/mol. The minimum absolute atomic E-state index is 0.755. The lowest BCUT2D eigenvalue weighted by Crippen LogP contribution is -2.01. The predicted octanol–water partition coefficient (Wildman–Crippen LogP) is 5.28. The maximum atomic E-state index is 4.43. The molecule has 0 aliphatic rings. The first-order valence-electron chi connectivity index (χ1n) is 7.89. The molecular formula is C20H17N3S. The van der Waals surface area contributed by atoms with Crippen molar-refractivity contribution in [3.05, 3.63) is 78.1 Å². The van der Waals surface area contributed by atoms with Crippen molar-refractivity contribution in [3.8, 4) is 10.4 Å². The van der Waals surface area contributed by atoms with E-state index in [1.807, 2.05) is 6.07 Å². The summed E-state index contributed by atoms with van der Waals surface area (Å²) in [6.07, 6.45) is 1.63. The summed E-state index contributed by atoms with van der Waals surface area (Å²) in [5, 5.41) is 3.45. The van der Waals surface area contributed by atoms with Crippen LogP contribution in [0.4, 0.5) is 5.82 Å². The third kappa shape index (κ3) is 3.01. The molecule has 0 unspecified atom stereocenters. The molecule has 1 N–H and O–H groups in total. The van der Waals surface area contributed by atoms with Gasteiger partial charge in [0, 0.05) is 11.4 Å². The average Bonchev–Trinajstić information content (AvgIpc) is 3.07. The van der Waals surface area contributed by atoms with Gasteiger partial charge in [0.1, 0.15) is 12.1 Å². The Morgan fingerprint density at radius 3 is 2.54 bits per heavy atom. The zero-order valence-electron chi connectivity index (χ0n) is 13.4. The van der Waals surface area contributed by atoms with Crippen LogP contribution in [-0.4, -0.2) is 9.97 Å². The summed E-state index contributed by atoms with van der Waals surface area (Å²) in [6, 6.07) is 21.1. The molecule has 118 valence electrons. The van der Waals surface area contributed by atoms with Crippen molar-refractivity contribution >= 4 is 27.4 Å². The van der Waals surface area contributed by atoms with Gasteiger partial charge in [0.05, 0.1) is 10.2 Å². The average molecular weight is 331 g/mol. The van der Waals surface area contributed by atoms with Crippen molar-refractivity contribution in [3.63, 3.8) is 0 Å². The zero-order valence-corrected chi connectivity index (χ0v) is 14.2. The summed E-state index contributed by atoms with van der Waals surface area (Å²) in [4.78, 5) is 10.1. The van der Waals surface area contributed by atoms with E-state index in [0.717, 1.165) is 22.6 Å². The van der Waals surface area contributed by atoms with Crippen LogP contribution in [0.25, 0.3) is 20.7 Å². The number of fused-ring (bicyclic) bond motifs is 1. The Bertz CT molecular complexity index is 959. The highest BCUT2D eigenvalue weighted by Crippen LogP contribution is 2.35. The van der Waals surface area contributed by atoms with E-state index in [2.05, 4.69) is 76.8 Å². The molecule has 0 spiro atoms. The van der Waals surface area contributed by atoms with Gasteiger partial charge in [0.25, 0.3) is 0 Å². The quantitative estimate of drug-likeness (QED) is 0.553. The third-order valence-electron chi connectivity index (χ3n) is 3.95. The van der Waals surface area contributed by atoms with Crippen molar-refractivity contribution in [1.82, 2.24) is 9.97 Å². The molecule has 24 heavy (non-hydrogen) atoms. The third-order valence-corrected chi connectivity index (χ3v) is 5.13. The van der Waals surface area contributed by atoms with Crippen LogP contribution in [0.1, 0.15) is 11.1 Å². The van der Waals surface area contributed by atoms with E-state index < -0.39 is 0 Å². The lowest BCUT2D eigenvalue weighted by atomic mass is 10.1. The monoisotopic (exact) mass is 331 g/mol. The van der Waals surface area contributed by atoms with Crippen LogP contribution in [0.5, 0.6) is 0 Å². The highest BCUT2D eigenvalue weighted by molar-refractivity contribution is 7.22. The SMILES string of the molecule is Cc1ccc(CNc2ncnc3cc(-c4ccccc4)sc23)cc1. The van der Waals surface area contributed by atoms with Gasteiger partial charge < -0.3 is 5.32 Å². The molecule has 0 saturated heterocycles. The molecule has 0 amide bonds. The Morgan fingerprint density at radius 2 is 1.75 bits per heavy atom. The first kappa shape index (κ1) is 14.8. The molecule has 2 aromatic carbocycles. The molecule has 2 heterocycles. The standard InChI is InChI=1S/C20H17N3S/c1-14-7-9-15(10-8-14)12-21-20-19-17(22-13-23-20)11-18(24-19)16-5-3-2-4-6-16/h2-11,13H,12H2,1H3,(H,21,22,23). The number of rotatable bonds is 4. The fourth-order valence-electron chi connectivity index (χ4n) is 2.62. The summed E-state index contributed by atoms with van der Waals surface area (Å²) in [5.74, 6) is 0.896. The van der Waals surface area contributed by atoms with Gasteiger partial charge >= 0.3 is 0 Å². The Labute approximate surface area is 145 Å². The van der Waals surface area contributed by atoms with Gasteiger partial charge in [-0.2, -0.15) is 0 Å². The molecule has 3 nitrogen and oxygen atoms in total. The van der Waals surface area contributed by atoms with E-state index in [1.54, 1.807) is 17.7 Å². The number of aryl methyl sites for hydroxylation is 1. The molecular weight excluding hydrogens is 314 g/mol. The maximum absolute atomic E-state index is 4.43. The van der Waals surface area contributed by atoms with E-state index in [-0.39, 0.29) is 0 Å². The summed E-state index contributed by atoms with van der Waals surface area (Å²) in [5.41, 5.74) is 4.71. The van der Waals surface area contributed by atoms with Crippen LogP contribution in [0.3, 0.4) is 0 Å². The fourth-order valence-corrected chi connectivity index (χ4v) is 3.70. The van der Waals surface area contributed by atoms with Crippen molar-refractivity contribution in [2.45, 2.75) is 13.5 Å². The smallest absolute Gasteiger partial charge is 0.147 e. The number of benzene rings is 2. The van der Waals surface area contributed by atoms with Gasteiger partial charge in [-0.05, 0) is 24.1 Å². The van der Waals surface area contributed by atoms with Crippen molar-refractivity contribution < 1.29 is 0 Å². The Balaban J connectivity index is 1.63. The highest BCUT2D eigenvalue weighted by atomic mass is 32.1. The molecule has 0 atom stereocenters. The summed E-state index contributed by atoms with van der Waals surface area (Å²) in [7, 11) is 0. The topological polar surface area (TPSA) is 37.8 Å². The zero-order chi connectivity index (χ0) is 16.4. The molecule has 4 aromatic rings. The van der Waals surface area contributed by atoms with Crippen LogP contribution in [0.2, 0.25) is 0 Å². The number of anilines is 1. The van der Waals surface area contributed by atoms with Gasteiger partial charge in [-0.1, -0.05) is 60.2 Å². The van der Waals surface area contributed by atoms with Crippen molar-refractivity contribution in [1.29, 1.82) is 0 Å². The Morgan fingerprint density at radius 1 is 0.958 bits per heavy atom. The van der Waals surface area contributed by atoms with Gasteiger partial charge in [-0.25, -0.2) is 9.97 Å². The highest BCUT2D eigenvalue weighted by Gasteiger charge is 2.10. The van der Waals surface area contributed by atoms with Crippen LogP contribution >= 0.6 is 11.3 Å². The summed E-state index contributed by atoms with van der Waals surface area (Å²) >= 11 is 1.73. The first-order valence-corrected chi connectivity index (χ1v) is 8.70. The fraction of sp³-hybridized carbons (Fsp3) is 0.100. The molecule has 0 aliphatic heterocycles. The molecule has 0 aliphatic carbocycles. The molecule has 4 rings (SSSR count). The van der Waals surface area contributed by atoms with Crippen LogP contribution < -0.4 is 5.32 Å². The van der Waals surface area contributed by atoms with Gasteiger partial charge in [0.2, 0.25) is 0 Å². The second-order valence-electron chi connectivity index (χ2n) is 5.75. The molecule has 4 heteroatoms. The number of nitrogens with zero attached hydrogens (tertiary/aromatic N) is 2. The maximum Gasteiger partial charge on any atom is 0.147 e. The van der Waals surface area contributed by atoms with E-state index in [4.69, 9.17) is 0 Å². The largest absolute Gasteiger partial charge is 0.365 e. The number of thiophene rings is 1. The second kappa shape index (κ2) is 6.42. The van der Waals surface area contributed by atoms with E-state index in [0.29, 0.717) is 0 Å². The van der Waals surface area contributed by atoms with Crippen LogP contribution in [0, 0.1) is 6.92 Å².